The number of aryl methyl sites for hydroxylation is 1. The van der Waals surface area contributed by atoms with Gasteiger partial charge in [0.05, 0.1) is 0 Å². The van der Waals surface area contributed by atoms with Gasteiger partial charge in [-0.1, -0.05) is 72.8 Å². The minimum absolute atomic E-state index is 0.131. The quantitative estimate of drug-likeness (QED) is 0.260. The molecule has 0 aromatic heterocycles. The van der Waals surface area contributed by atoms with Gasteiger partial charge in [0.25, 0.3) is 0 Å². The first-order valence-electron chi connectivity index (χ1n) is 12.2. The second kappa shape index (κ2) is 11.1. The maximum absolute atomic E-state index is 13.6. The molecule has 6 heteroatoms. The molecule has 5 rings (SSSR count). The maximum atomic E-state index is 13.6. The number of Topliss-reactive ketones (excluding diaryl/α,β-unsaturated/α-hetero) is 1. The third-order valence-corrected chi connectivity index (χ3v) is 6.38. The number of hydrogen-bond donors (Lipinski definition) is 0. The molecule has 4 aromatic carbocycles. The second-order valence-electron chi connectivity index (χ2n) is 8.89. The molecular weight excluding hydrogens is 469 g/mol. The van der Waals surface area contributed by atoms with Crippen LogP contribution in [-0.2, 0) is 22.6 Å². The normalized spacial score (nSPS) is 16.9. The Morgan fingerprint density at radius 2 is 1.43 bits per heavy atom. The molecular formula is C31H26FNO4. The van der Waals surface area contributed by atoms with Gasteiger partial charge in [-0.05, 0) is 59.5 Å². The van der Waals surface area contributed by atoms with Crippen LogP contribution in [0.2, 0.25) is 0 Å². The molecule has 0 unspecified atom stereocenters. The van der Waals surface area contributed by atoms with E-state index in [1.165, 1.54) is 29.2 Å². The summed E-state index contributed by atoms with van der Waals surface area (Å²) in [6, 6.07) is 31.4. The Balaban J connectivity index is 1.37. The molecule has 2 atom stereocenters. The zero-order valence-corrected chi connectivity index (χ0v) is 20.1. The predicted molar refractivity (Wildman–Crippen MR) is 139 cm³/mol. The number of nitrogens with zero attached hydrogens (tertiary/aromatic N) is 1. The van der Waals surface area contributed by atoms with E-state index in [9.17, 15) is 14.0 Å². The number of benzene rings is 4. The molecule has 5 nitrogen and oxygen atoms in total. The lowest BCUT2D eigenvalue weighted by atomic mass is 9.94. The van der Waals surface area contributed by atoms with E-state index in [1.54, 1.807) is 12.1 Å². The molecule has 0 bridgehead atoms. The van der Waals surface area contributed by atoms with Gasteiger partial charge >= 0.3 is 6.09 Å². The summed E-state index contributed by atoms with van der Waals surface area (Å²) in [4.78, 5) is 27.9. The van der Waals surface area contributed by atoms with Crippen molar-refractivity contribution >= 4 is 17.6 Å². The molecule has 1 fully saturated rings. The van der Waals surface area contributed by atoms with Crippen LogP contribution < -0.4 is 9.64 Å². The average molecular weight is 496 g/mol. The van der Waals surface area contributed by atoms with Crippen LogP contribution in [0.3, 0.4) is 0 Å². The number of carbonyl (C=O) groups excluding carboxylic acids is 2. The first-order valence-corrected chi connectivity index (χ1v) is 12.2. The lowest BCUT2D eigenvalue weighted by Gasteiger charge is -2.24. The highest BCUT2D eigenvalue weighted by atomic mass is 19.1. The summed E-state index contributed by atoms with van der Waals surface area (Å²) in [5.41, 5.74) is 3.18. The Morgan fingerprint density at radius 3 is 2.08 bits per heavy atom. The molecule has 37 heavy (non-hydrogen) atoms. The number of ether oxygens (including phenoxy) is 2. The molecule has 0 aliphatic carbocycles. The fourth-order valence-electron chi connectivity index (χ4n) is 4.46. The third-order valence-electron chi connectivity index (χ3n) is 6.38. The van der Waals surface area contributed by atoms with Gasteiger partial charge < -0.3 is 9.47 Å². The fraction of sp³-hybridized carbons (Fsp3) is 0.161. The molecule has 1 saturated heterocycles. The predicted octanol–water partition coefficient (Wildman–Crippen LogP) is 6.67. The topological polar surface area (TPSA) is 55.8 Å². The summed E-state index contributed by atoms with van der Waals surface area (Å²) in [5, 5.41) is 0. The van der Waals surface area contributed by atoms with Crippen LogP contribution in [0.1, 0.15) is 29.2 Å². The number of cyclic esters (lactones) is 1. The Labute approximate surface area is 215 Å². The molecule has 1 heterocycles. The maximum Gasteiger partial charge on any atom is 0.415 e. The molecule has 0 spiro atoms. The number of rotatable bonds is 9. The highest BCUT2D eigenvalue weighted by Crippen LogP contribution is 2.38. The standard InChI is InChI=1S/C31H26FNO4/c32-25-14-16-26(17-15-25)33-29(28(34)20-11-22-7-3-1-4-8-22)30(37-31(33)35)24-12-18-27(19-13-24)36-21-23-9-5-2-6-10-23/h1-10,12-19,29-30H,11,20-21H2/t29-,30-/m0/s1. The van der Waals surface area contributed by atoms with E-state index in [2.05, 4.69) is 0 Å². The van der Waals surface area contributed by atoms with Crippen molar-refractivity contribution in [2.75, 3.05) is 4.90 Å². The highest BCUT2D eigenvalue weighted by Gasteiger charge is 2.47. The summed E-state index contributed by atoms with van der Waals surface area (Å²) in [6.45, 7) is 0.428. The van der Waals surface area contributed by atoms with E-state index in [0.717, 1.165) is 11.1 Å². The van der Waals surface area contributed by atoms with Crippen molar-refractivity contribution in [3.8, 4) is 5.75 Å². The lowest BCUT2D eigenvalue weighted by Crippen LogP contribution is -2.40. The van der Waals surface area contributed by atoms with Gasteiger partial charge in [-0.15, -0.1) is 0 Å². The number of anilines is 1. The first kappa shape index (κ1) is 24.3. The molecule has 4 aromatic rings. The molecule has 1 aliphatic rings. The van der Waals surface area contributed by atoms with Crippen LogP contribution in [0.15, 0.2) is 109 Å². The lowest BCUT2D eigenvalue weighted by molar-refractivity contribution is -0.121. The van der Waals surface area contributed by atoms with Gasteiger partial charge in [0, 0.05) is 12.1 Å². The monoisotopic (exact) mass is 495 g/mol. The van der Waals surface area contributed by atoms with E-state index < -0.39 is 24.1 Å². The molecule has 1 amide bonds. The van der Waals surface area contributed by atoms with Gasteiger partial charge in [0.15, 0.2) is 11.9 Å². The van der Waals surface area contributed by atoms with Crippen molar-refractivity contribution in [3.05, 3.63) is 132 Å². The van der Waals surface area contributed by atoms with Crippen molar-refractivity contribution in [2.24, 2.45) is 0 Å². The van der Waals surface area contributed by atoms with Crippen LogP contribution >= 0.6 is 0 Å². The smallest absolute Gasteiger partial charge is 0.415 e. The fourth-order valence-corrected chi connectivity index (χ4v) is 4.46. The van der Waals surface area contributed by atoms with E-state index >= 15 is 0 Å². The van der Waals surface area contributed by atoms with Crippen molar-refractivity contribution in [3.63, 3.8) is 0 Å². The molecule has 1 aliphatic heterocycles. The minimum atomic E-state index is -0.877. The van der Waals surface area contributed by atoms with E-state index in [-0.39, 0.29) is 12.2 Å². The molecule has 0 radical (unpaired) electrons. The molecule has 0 saturated carbocycles. The van der Waals surface area contributed by atoms with Gasteiger partial charge in [-0.2, -0.15) is 0 Å². The van der Waals surface area contributed by atoms with Crippen LogP contribution in [0, 0.1) is 5.82 Å². The number of halogens is 1. The van der Waals surface area contributed by atoms with Gasteiger partial charge in [-0.3, -0.25) is 9.69 Å². The summed E-state index contributed by atoms with van der Waals surface area (Å²) >= 11 is 0. The van der Waals surface area contributed by atoms with E-state index in [4.69, 9.17) is 9.47 Å². The van der Waals surface area contributed by atoms with E-state index in [1.807, 2.05) is 72.8 Å². The Morgan fingerprint density at radius 1 is 0.811 bits per heavy atom. The summed E-state index contributed by atoms with van der Waals surface area (Å²) in [5.74, 6) is 0.110. The third kappa shape index (κ3) is 5.70. The average Bonchev–Trinajstić information content (AvgIpc) is 3.29. The van der Waals surface area contributed by atoms with Crippen molar-refractivity contribution in [2.45, 2.75) is 31.6 Å². The van der Waals surface area contributed by atoms with Gasteiger partial charge in [-0.25, -0.2) is 9.18 Å². The van der Waals surface area contributed by atoms with Gasteiger partial charge in [0.2, 0.25) is 0 Å². The van der Waals surface area contributed by atoms with Crippen molar-refractivity contribution in [1.29, 1.82) is 0 Å². The number of ketones is 1. The Kier molecular flexibility index (Phi) is 7.26. The zero-order chi connectivity index (χ0) is 25.6. The Hall–Kier alpha value is -4.45. The van der Waals surface area contributed by atoms with Crippen molar-refractivity contribution < 1.29 is 23.5 Å². The zero-order valence-electron chi connectivity index (χ0n) is 20.1. The number of amides is 1. The first-order chi connectivity index (χ1) is 18.1. The van der Waals surface area contributed by atoms with E-state index in [0.29, 0.717) is 30.0 Å². The summed E-state index contributed by atoms with van der Waals surface area (Å²) in [7, 11) is 0. The number of carbonyl (C=O) groups is 2. The van der Waals surface area contributed by atoms with Crippen LogP contribution in [0.4, 0.5) is 14.9 Å². The van der Waals surface area contributed by atoms with Crippen LogP contribution in [0.25, 0.3) is 0 Å². The summed E-state index contributed by atoms with van der Waals surface area (Å²) in [6.07, 6.45) is -0.665. The minimum Gasteiger partial charge on any atom is -0.489 e. The van der Waals surface area contributed by atoms with Crippen LogP contribution in [0.5, 0.6) is 5.75 Å². The number of hydrogen-bond acceptors (Lipinski definition) is 4. The van der Waals surface area contributed by atoms with Crippen molar-refractivity contribution in [1.82, 2.24) is 0 Å². The summed E-state index contributed by atoms with van der Waals surface area (Å²) < 4.78 is 25.2. The Bertz CT molecular complexity index is 1340. The largest absolute Gasteiger partial charge is 0.489 e. The second-order valence-corrected chi connectivity index (χ2v) is 8.89. The molecule has 0 N–H and O–H groups in total. The molecule has 186 valence electrons. The van der Waals surface area contributed by atoms with Crippen LogP contribution in [-0.4, -0.2) is 17.9 Å². The van der Waals surface area contributed by atoms with Gasteiger partial charge in [0.1, 0.15) is 24.2 Å². The highest BCUT2D eigenvalue weighted by molar-refractivity contribution is 6.01. The SMILES string of the molecule is O=C(CCc1ccccc1)[C@H]1[C@H](c2ccc(OCc3ccccc3)cc2)OC(=O)N1c1ccc(F)cc1.